The fraction of sp³-hybridized carbons (Fsp3) is 0.364. The van der Waals surface area contributed by atoms with E-state index in [1.54, 1.807) is 11.7 Å². The summed E-state index contributed by atoms with van der Waals surface area (Å²) in [6.45, 7) is 5.00. The van der Waals surface area contributed by atoms with E-state index >= 15 is 0 Å². The molecule has 0 radical (unpaired) electrons. The average molecular weight is 463 g/mol. The minimum Gasteiger partial charge on any atom is -0.466 e. The second-order valence-corrected chi connectivity index (χ2v) is 7.58. The molecule has 0 aliphatic rings. The molecule has 0 aliphatic heterocycles. The second-order valence-electron chi connectivity index (χ2n) is 7.58. The number of nitrogens with zero attached hydrogens (tertiary/aromatic N) is 4. The smallest absolute Gasteiger partial charge is 0.261 e. The highest BCUT2D eigenvalue weighted by molar-refractivity contribution is 5.95. The molecule has 0 fully saturated rings. The summed E-state index contributed by atoms with van der Waals surface area (Å²) in [6.07, 6.45) is 0.549. The van der Waals surface area contributed by atoms with E-state index < -0.39 is 41.5 Å². The number of ether oxygens (including phenoxy) is 1. The minimum atomic E-state index is -1.69. The van der Waals surface area contributed by atoms with Gasteiger partial charge in [0.2, 0.25) is 11.8 Å². The third kappa shape index (κ3) is 5.24. The normalized spacial score (nSPS) is 11.0. The molecule has 0 bridgehead atoms. The Hall–Kier alpha value is -3.63. The van der Waals surface area contributed by atoms with Gasteiger partial charge in [-0.25, -0.2) is 22.8 Å². The molecule has 11 heteroatoms. The summed E-state index contributed by atoms with van der Waals surface area (Å²) in [5, 5.41) is 7.13. The van der Waals surface area contributed by atoms with Crippen molar-refractivity contribution in [3.8, 4) is 5.88 Å². The summed E-state index contributed by atoms with van der Waals surface area (Å²) in [5.74, 6) is -5.58. The number of carbonyl (C=O) groups is 2. The van der Waals surface area contributed by atoms with Crippen LogP contribution in [-0.2, 0) is 16.6 Å². The molecule has 8 nitrogen and oxygen atoms in total. The molecular formula is C22H24F3N5O3. The summed E-state index contributed by atoms with van der Waals surface area (Å²) in [4.78, 5) is 30.7. The number of benzene rings is 1. The predicted molar refractivity (Wildman–Crippen MR) is 115 cm³/mol. The molecule has 0 aliphatic carbocycles. The van der Waals surface area contributed by atoms with Gasteiger partial charge in [0.1, 0.15) is 0 Å². The zero-order valence-corrected chi connectivity index (χ0v) is 18.7. The predicted octanol–water partition coefficient (Wildman–Crippen LogP) is 3.26. The molecule has 2 amide bonds. The lowest BCUT2D eigenvalue weighted by Gasteiger charge is -2.21. The maximum atomic E-state index is 13.8. The highest BCUT2D eigenvalue weighted by Crippen LogP contribution is 2.27. The molecule has 0 saturated carbocycles. The lowest BCUT2D eigenvalue weighted by atomic mass is 10.2. The monoisotopic (exact) mass is 463 g/mol. The number of hydrogen-bond acceptors (Lipinski definition) is 5. The number of aryl methyl sites for hydroxylation is 3. The Labute approximate surface area is 188 Å². The summed E-state index contributed by atoms with van der Waals surface area (Å²) in [6, 6.07) is 3.49. The van der Waals surface area contributed by atoms with Crippen LogP contribution in [-0.4, -0.2) is 51.2 Å². The van der Waals surface area contributed by atoms with E-state index in [2.05, 4.69) is 15.4 Å². The van der Waals surface area contributed by atoms with E-state index in [9.17, 15) is 22.8 Å². The van der Waals surface area contributed by atoms with Crippen LogP contribution >= 0.6 is 0 Å². The Morgan fingerprint density at radius 2 is 1.91 bits per heavy atom. The molecule has 33 heavy (non-hydrogen) atoms. The number of anilines is 1. The second kappa shape index (κ2) is 9.88. The van der Waals surface area contributed by atoms with E-state index in [0.29, 0.717) is 23.5 Å². The molecule has 3 aromatic rings. The van der Waals surface area contributed by atoms with Crippen molar-refractivity contribution in [2.24, 2.45) is 7.05 Å². The first-order valence-corrected chi connectivity index (χ1v) is 10.3. The highest BCUT2D eigenvalue weighted by atomic mass is 19.2. The number of halogens is 3. The standard InChI is InChI=1S/C22H24F3N5O3/c1-5-8-30(10-16(31)27-15-7-6-14(23)19(24)20(15)25)17(32)11-33-22-18-12(2)9-13(3)26-21(18)29(4)28-22/h6-7,9H,5,8,10-11H2,1-4H3,(H,27,31). The number of rotatable bonds is 8. The molecule has 1 N–H and O–H groups in total. The van der Waals surface area contributed by atoms with Gasteiger partial charge in [0.15, 0.2) is 29.7 Å². The summed E-state index contributed by atoms with van der Waals surface area (Å²) < 4.78 is 47.5. The van der Waals surface area contributed by atoms with Gasteiger partial charge in [-0.3, -0.25) is 9.59 Å². The number of pyridine rings is 1. The SMILES string of the molecule is CCCN(CC(=O)Nc1ccc(F)c(F)c1F)C(=O)COc1nn(C)c2nc(C)cc(C)c12. The zero-order chi connectivity index (χ0) is 24.3. The van der Waals surface area contributed by atoms with Crippen molar-refractivity contribution in [1.82, 2.24) is 19.7 Å². The summed E-state index contributed by atoms with van der Waals surface area (Å²) >= 11 is 0. The molecule has 0 saturated heterocycles. The number of nitrogens with one attached hydrogen (secondary N) is 1. The van der Waals surface area contributed by atoms with Gasteiger partial charge in [-0.2, -0.15) is 0 Å². The van der Waals surface area contributed by atoms with Crippen molar-refractivity contribution >= 4 is 28.5 Å². The van der Waals surface area contributed by atoms with Gasteiger partial charge in [0.05, 0.1) is 17.6 Å². The van der Waals surface area contributed by atoms with E-state index in [4.69, 9.17) is 4.74 Å². The first kappa shape index (κ1) is 24.0. The van der Waals surface area contributed by atoms with Crippen LogP contribution in [0.25, 0.3) is 11.0 Å². The highest BCUT2D eigenvalue weighted by Gasteiger charge is 2.21. The third-order valence-corrected chi connectivity index (χ3v) is 4.91. The number of hydrogen-bond donors (Lipinski definition) is 1. The maximum Gasteiger partial charge on any atom is 0.261 e. The van der Waals surface area contributed by atoms with Gasteiger partial charge in [0.25, 0.3) is 5.91 Å². The molecular weight excluding hydrogens is 439 g/mol. The van der Waals surface area contributed by atoms with Crippen molar-refractivity contribution in [3.63, 3.8) is 0 Å². The summed E-state index contributed by atoms with van der Waals surface area (Å²) in [7, 11) is 1.72. The fourth-order valence-corrected chi connectivity index (χ4v) is 3.42. The minimum absolute atomic E-state index is 0.235. The Morgan fingerprint density at radius 1 is 1.18 bits per heavy atom. The van der Waals surface area contributed by atoms with Crippen molar-refractivity contribution in [2.45, 2.75) is 27.2 Å². The van der Waals surface area contributed by atoms with Crippen molar-refractivity contribution in [2.75, 3.05) is 25.0 Å². The molecule has 0 unspecified atom stereocenters. The van der Waals surface area contributed by atoms with Crippen molar-refractivity contribution in [1.29, 1.82) is 0 Å². The van der Waals surface area contributed by atoms with E-state index in [1.165, 1.54) is 4.90 Å². The molecule has 0 spiro atoms. The van der Waals surface area contributed by atoms with Gasteiger partial charge < -0.3 is 15.0 Å². The molecule has 2 aromatic heterocycles. The number of carbonyl (C=O) groups excluding carboxylic acids is 2. The lowest BCUT2D eigenvalue weighted by Crippen LogP contribution is -2.41. The van der Waals surface area contributed by atoms with Gasteiger partial charge in [0, 0.05) is 19.3 Å². The van der Waals surface area contributed by atoms with Crippen LogP contribution in [0.2, 0.25) is 0 Å². The fourth-order valence-electron chi connectivity index (χ4n) is 3.42. The van der Waals surface area contributed by atoms with Crippen LogP contribution in [0.3, 0.4) is 0 Å². The van der Waals surface area contributed by atoms with E-state index in [0.717, 1.165) is 17.3 Å². The Bertz CT molecular complexity index is 1210. The quantitative estimate of drug-likeness (QED) is 0.518. The average Bonchev–Trinajstić information content (AvgIpc) is 3.07. The molecule has 176 valence electrons. The Kier molecular flexibility index (Phi) is 7.19. The summed E-state index contributed by atoms with van der Waals surface area (Å²) in [5.41, 5.74) is 1.82. The van der Waals surface area contributed by atoms with E-state index in [-0.39, 0.29) is 19.0 Å². The van der Waals surface area contributed by atoms with Gasteiger partial charge >= 0.3 is 0 Å². The first-order valence-electron chi connectivity index (χ1n) is 10.3. The van der Waals surface area contributed by atoms with Gasteiger partial charge in [-0.1, -0.05) is 6.92 Å². The number of amides is 2. The van der Waals surface area contributed by atoms with Crippen LogP contribution in [0.4, 0.5) is 18.9 Å². The van der Waals surface area contributed by atoms with Crippen LogP contribution in [0.1, 0.15) is 24.6 Å². The first-order chi connectivity index (χ1) is 15.6. The molecule has 0 atom stereocenters. The Morgan fingerprint density at radius 3 is 2.61 bits per heavy atom. The number of fused-ring (bicyclic) bond motifs is 1. The molecule has 3 rings (SSSR count). The van der Waals surface area contributed by atoms with Crippen molar-refractivity contribution < 1.29 is 27.5 Å². The van der Waals surface area contributed by atoms with Crippen LogP contribution < -0.4 is 10.1 Å². The molecule has 2 heterocycles. The van der Waals surface area contributed by atoms with Crippen LogP contribution in [0.5, 0.6) is 5.88 Å². The van der Waals surface area contributed by atoms with E-state index in [1.807, 2.05) is 26.8 Å². The van der Waals surface area contributed by atoms with Crippen LogP contribution in [0.15, 0.2) is 18.2 Å². The number of aromatic nitrogens is 3. The largest absolute Gasteiger partial charge is 0.466 e. The third-order valence-electron chi connectivity index (χ3n) is 4.91. The maximum absolute atomic E-state index is 13.8. The van der Waals surface area contributed by atoms with Gasteiger partial charge in [-0.05, 0) is 44.0 Å². The topological polar surface area (TPSA) is 89.4 Å². The molecule has 1 aromatic carbocycles. The lowest BCUT2D eigenvalue weighted by molar-refractivity contribution is -0.136. The van der Waals surface area contributed by atoms with Gasteiger partial charge in [-0.15, -0.1) is 5.10 Å². The Balaban J connectivity index is 1.69. The van der Waals surface area contributed by atoms with Crippen molar-refractivity contribution in [3.05, 3.63) is 46.9 Å². The van der Waals surface area contributed by atoms with Crippen LogP contribution in [0, 0.1) is 31.3 Å². The zero-order valence-electron chi connectivity index (χ0n) is 18.7.